The molecular formula is C26H37FO5S. The van der Waals surface area contributed by atoms with E-state index in [1.165, 1.54) is 5.37 Å². The van der Waals surface area contributed by atoms with Gasteiger partial charge in [-0.05, 0) is 62.3 Å². The molecule has 0 spiro atoms. The van der Waals surface area contributed by atoms with Crippen molar-refractivity contribution in [3.8, 4) is 0 Å². The summed E-state index contributed by atoms with van der Waals surface area (Å²) < 4.78 is 22.9. The fourth-order valence-corrected chi connectivity index (χ4v) is 8.39. The van der Waals surface area contributed by atoms with Gasteiger partial charge < -0.3 is 14.9 Å². The van der Waals surface area contributed by atoms with Gasteiger partial charge in [0.15, 0.2) is 11.6 Å². The van der Waals surface area contributed by atoms with Crippen LogP contribution in [-0.2, 0) is 14.3 Å². The molecule has 7 heteroatoms. The SMILES string of the molecule is CCOC(CC=S)C(=O)[C@@]1(O)[C@@H](C)C[C@H]2[C@@H]3CCC4=CC(=O)CC[C@]4(C)[C@@]3(F)[C@@H](O)C[C@@]21C. The van der Waals surface area contributed by atoms with Crippen molar-refractivity contribution in [3.05, 3.63) is 11.6 Å². The van der Waals surface area contributed by atoms with Gasteiger partial charge in [-0.25, -0.2) is 4.39 Å². The van der Waals surface area contributed by atoms with E-state index >= 15 is 4.39 Å². The summed E-state index contributed by atoms with van der Waals surface area (Å²) >= 11 is 4.97. The van der Waals surface area contributed by atoms with Crippen LogP contribution in [0.1, 0.15) is 72.6 Å². The molecular weight excluding hydrogens is 443 g/mol. The smallest absolute Gasteiger partial charge is 0.194 e. The topological polar surface area (TPSA) is 83.8 Å². The predicted octanol–water partition coefficient (Wildman–Crippen LogP) is 3.92. The lowest BCUT2D eigenvalue weighted by atomic mass is 9.43. The van der Waals surface area contributed by atoms with E-state index in [1.807, 2.05) is 20.8 Å². The first-order valence-electron chi connectivity index (χ1n) is 12.3. The molecule has 4 aliphatic rings. The zero-order chi connectivity index (χ0) is 24.4. The number of aliphatic hydroxyl groups is 2. The Morgan fingerprint density at radius 3 is 2.70 bits per heavy atom. The highest BCUT2D eigenvalue weighted by molar-refractivity contribution is 7.78. The van der Waals surface area contributed by atoms with Crippen LogP contribution in [0.2, 0.25) is 0 Å². The second-order valence-corrected chi connectivity index (χ2v) is 11.6. The van der Waals surface area contributed by atoms with Crippen LogP contribution >= 0.6 is 12.2 Å². The largest absolute Gasteiger partial charge is 0.390 e. The van der Waals surface area contributed by atoms with Crippen LogP contribution in [0.25, 0.3) is 0 Å². The van der Waals surface area contributed by atoms with Crippen LogP contribution < -0.4 is 0 Å². The third kappa shape index (κ3) is 3.14. The molecule has 3 fully saturated rings. The van der Waals surface area contributed by atoms with Crippen LogP contribution in [0, 0.1) is 28.6 Å². The van der Waals surface area contributed by atoms with Crippen molar-refractivity contribution in [3.63, 3.8) is 0 Å². The maximum atomic E-state index is 17.2. The van der Waals surface area contributed by atoms with Gasteiger partial charge in [-0.2, -0.15) is 0 Å². The Labute approximate surface area is 201 Å². The Kier molecular flexibility index (Phi) is 6.30. The molecule has 2 N–H and O–H groups in total. The minimum absolute atomic E-state index is 0.00943. The van der Waals surface area contributed by atoms with E-state index in [0.717, 1.165) is 5.57 Å². The molecule has 0 heterocycles. The lowest BCUT2D eigenvalue weighted by Gasteiger charge is -2.63. The molecule has 0 bridgehead atoms. The number of hydrogen-bond acceptors (Lipinski definition) is 6. The van der Waals surface area contributed by atoms with Crippen molar-refractivity contribution < 1.29 is 28.9 Å². The summed E-state index contributed by atoms with van der Waals surface area (Å²) in [6, 6.07) is 0. The quantitative estimate of drug-likeness (QED) is 0.561. The monoisotopic (exact) mass is 480 g/mol. The van der Waals surface area contributed by atoms with E-state index in [2.05, 4.69) is 0 Å². The van der Waals surface area contributed by atoms with E-state index in [-0.39, 0.29) is 31.0 Å². The summed E-state index contributed by atoms with van der Waals surface area (Å²) in [6.07, 6.45) is 1.87. The Balaban J connectivity index is 1.77. The standard InChI is InChI=1S/C26H37FO5S/c1-5-32-20(9-11-33)22(30)26(31)15(2)12-19-18-7-6-16-13-17(28)8-10-23(16,3)25(18,27)21(29)14-24(19,26)4/h11,13,15,18-21,29,31H,5-10,12,14H2,1-4H3/t15-,18-,19-,20?,21-,23-,24-,25-,26-/m0/s1. The summed E-state index contributed by atoms with van der Waals surface area (Å²) in [5.74, 6) is -1.55. The number of halogens is 1. The number of carbonyl (C=O) groups is 2. The number of carbonyl (C=O) groups excluding carboxylic acids is 2. The molecule has 0 saturated heterocycles. The van der Waals surface area contributed by atoms with Crippen molar-refractivity contribution in [2.45, 2.75) is 96.1 Å². The Morgan fingerprint density at radius 2 is 2.06 bits per heavy atom. The van der Waals surface area contributed by atoms with Crippen LogP contribution in [0.15, 0.2) is 11.6 Å². The van der Waals surface area contributed by atoms with Crippen molar-refractivity contribution in [2.75, 3.05) is 6.61 Å². The number of fused-ring (bicyclic) bond motifs is 5. The Hall–Kier alpha value is -1.02. The van der Waals surface area contributed by atoms with Crippen LogP contribution in [0.3, 0.4) is 0 Å². The van der Waals surface area contributed by atoms with E-state index in [0.29, 0.717) is 32.3 Å². The van der Waals surface area contributed by atoms with Gasteiger partial charge in [-0.3, -0.25) is 9.59 Å². The molecule has 184 valence electrons. The lowest BCUT2D eigenvalue weighted by Crippen LogP contribution is -2.70. The van der Waals surface area contributed by atoms with Crippen molar-refractivity contribution in [2.24, 2.45) is 28.6 Å². The zero-order valence-corrected chi connectivity index (χ0v) is 20.9. The van der Waals surface area contributed by atoms with E-state index < -0.39 is 51.9 Å². The second-order valence-electron chi connectivity index (χ2n) is 11.2. The molecule has 1 unspecified atom stereocenters. The maximum Gasteiger partial charge on any atom is 0.194 e. The van der Waals surface area contributed by atoms with Crippen LogP contribution in [-0.4, -0.2) is 57.2 Å². The third-order valence-electron chi connectivity index (χ3n) is 9.97. The molecule has 4 aliphatic carbocycles. The van der Waals surface area contributed by atoms with Gasteiger partial charge in [0.25, 0.3) is 0 Å². The molecule has 4 rings (SSSR count). The highest BCUT2D eigenvalue weighted by Gasteiger charge is 2.76. The first-order chi connectivity index (χ1) is 15.4. The van der Waals surface area contributed by atoms with Crippen molar-refractivity contribution in [1.29, 1.82) is 0 Å². The predicted molar refractivity (Wildman–Crippen MR) is 127 cm³/mol. The van der Waals surface area contributed by atoms with E-state index in [9.17, 15) is 19.8 Å². The summed E-state index contributed by atoms with van der Waals surface area (Å²) in [6.45, 7) is 7.66. The molecule has 0 aromatic rings. The van der Waals surface area contributed by atoms with Gasteiger partial charge in [0.2, 0.25) is 0 Å². The van der Waals surface area contributed by atoms with Crippen molar-refractivity contribution >= 4 is 29.2 Å². The molecule has 0 radical (unpaired) electrons. The summed E-state index contributed by atoms with van der Waals surface area (Å²) in [4.78, 5) is 25.8. The number of ketones is 2. The van der Waals surface area contributed by atoms with Gasteiger partial charge in [-0.1, -0.05) is 38.6 Å². The highest BCUT2D eigenvalue weighted by atomic mass is 32.1. The Bertz CT molecular complexity index is 890. The minimum Gasteiger partial charge on any atom is -0.390 e. The van der Waals surface area contributed by atoms with Crippen LogP contribution in [0.5, 0.6) is 0 Å². The molecule has 9 atom stereocenters. The zero-order valence-electron chi connectivity index (χ0n) is 20.1. The number of hydrogen-bond donors (Lipinski definition) is 2. The number of rotatable bonds is 6. The Morgan fingerprint density at radius 1 is 1.36 bits per heavy atom. The van der Waals surface area contributed by atoms with Gasteiger partial charge in [0, 0.05) is 36.2 Å². The van der Waals surface area contributed by atoms with Gasteiger partial charge >= 0.3 is 0 Å². The van der Waals surface area contributed by atoms with Gasteiger partial charge in [0.05, 0.1) is 6.10 Å². The van der Waals surface area contributed by atoms with Crippen LogP contribution in [0.4, 0.5) is 4.39 Å². The average Bonchev–Trinajstić information content (AvgIpc) is 2.96. The molecule has 0 aromatic heterocycles. The molecule has 5 nitrogen and oxygen atoms in total. The normalized spacial score (nSPS) is 47.7. The second kappa shape index (κ2) is 8.28. The first kappa shape index (κ1) is 25.1. The number of thiocarbonyl (C=S) groups is 1. The fraction of sp³-hybridized carbons (Fsp3) is 0.808. The molecule has 0 aliphatic heterocycles. The number of Topliss-reactive ketones (excluding diaryl/α,β-unsaturated/α-hetero) is 1. The highest BCUT2D eigenvalue weighted by Crippen LogP contribution is 2.71. The summed E-state index contributed by atoms with van der Waals surface area (Å²) in [5.41, 5.74) is -4.73. The average molecular weight is 481 g/mol. The number of aliphatic hydroxyl groups excluding tert-OH is 1. The molecule has 0 amide bonds. The maximum absolute atomic E-state index is 17.2. The summed E-state index contributed by atoms with van der Waals surface area (Å²) in [7, 11) is 0. The van der Waals surface area contributed by atoms with Crippen molar-refractivity contribution in [1.82, 2.24) is 0 Å². The lowest BCUT2D eigenvalue weighted by molar-refractivity contribution is -0.230. The number of allylic oxidation sites excluding steroid dienone is 1. The molecule has 3 saturated carbocycles. The van der Waals surface area contributed by atoms with Gasteiger partial charge in [0.1, 0.15) is 17.4 Å². The first-order valence-corrected chi connectivity index (χ1v) is 12.8. The fourth-order valence-electron chi connectivity index (χ4n) is 8.22. The summed E-state index contributed by atoms with van der Waals surface area (Å²) in [5, 5.41) is 24.9. The third-order valence-corrected chi connectivity index (χ3v) is 10.2. The number of alkyl halides is 1. The molecule has 33 heavy (non-hydrogen) atoms. The minimum atomic E-state index is -1.90. The molecule has 0 aromatic carbocycles. The number of ether oxygens (including phenoxy) is 1. The van der Waals surface area contributed by atoms with E-state index in [1.54, 1.807) is 13.0 Å². The van der Waals surface area contributed by atoms with Gasteiger partial charge in [-0.15, -0.1) is 0 Å². The van der Waals surface area contributed by atoms with E-state index in [4.69, 9.17) is 17.0 Å².